The van der Waals surface area contributed by atoms with Gasteiger partial charge in [0.25, 0.3) is 5.56 Å². The smallest absolute Gasteiger partial charge is 0.329 e. The second kappa shape index (κ2) is 9.40. The molecular formula is C24H32N6O3. The average Bonchev–Trinajstić information content (AvgIpc) is 3.49. The van der Waals surface area contributed by atoms with Gasteiger partial charge in [0.05, 0.1) is 17.4 Å². The lowest BCUT2D eigenvalue weighted by Gasteiger charge is -2.32. The van der Waals surface area contributed by atoms with E-state index in [1.807, 2.05) is 26.1 Å². The maximum atomic E-state index is 12.6. The largest absolute Gasteiger partial charge is 0.371 e. The summed E-state index contributed by atoms with van der Waals surface area (Å²) in [5.74, 6) is 0.273. The van der Waals surface area contributed by atoms with Crippen LogP contribution >= 0.6 is 0 Å². The predicted octanol–water partition coefficient (Wildman–Crippen LogP) is 1.52. The van der Waals surface area contributed by atoms with Crippen LogP contribution in [0.5, 0.6) is 0 Å². The number of nitrogens with one attached hydrogen (secondary N) is 2. The van der Waals surface area contributed by atoms with Crippen LogP contribution in [0.1, 0.15) is 37.8 Å². The van der Waals surface area contributed by atoms with Gasteiger partial charge in [-0.15, -0.1) is 0 Å². The Morgan fingerprint density at radius 2 is 2.09 bits per heavy atom. The molecule has 9 nitrogen and oxygen atoms in total. The zero-order valence-corrected chi connectivity index (χ0v) is 19.6. The van der Waals surface area contributed by atoms with Crippen molar-refractivity contribution < 1.29 is 4.79 Å². The summed E-state index contributed by atoms with van der Waals surface area (Å²) in [7, 11) is 2.02. The molecular weight excluding hydrogens is 420 g/mol. The lowest BCUT2D eigenvalue weighted by Crippen LogP contribution is -2.47. The predicted molar refractivity (Wildman–Crippen MR) is 129 cm³/mol. The van der Waals surface area contributed by atoms with Gasteiger partial charge >= 0.3 is 5.69 Å². The molecule has 1 aromatic heterocycles. The number of fused-ring (bicyclic) bond motifs is 1. The molecule has 2 heterocycles. The van der Waals surface area contributed by atoms with Gasteiger partial charge in [-0.3, -0.25) is 24.0 Å². The van der Waals surface area contributed by atoms with E-state index in [0.29, 0.717) is 30.9 Å². The van der Waals surface area contributed by atoms with E-state index in [9.17, 15) is 14.4 Å². The van der Waals surface area contributed by atoms with Crippen LogP contribution in [-0.4, -0.2) is 66.2 Å². The second-order valence-corrected chi connectivity index (χ2v) is 9.33. The fourth-order valence-electron chi connectivity index (χ4n) is 5.16. The van der Waals surface area contributed by atoms with E-state index in [4.69, 9.17) is 6.57 Å². The van der Waals surface area contributed by atoms with E-state index in [2.05, 4.69) is 24.9 Å². The lowest BCUT2D eigenvalue weighted by atomic mass is 9.97. The number of nitrogens with zero attached hydrogens (tertiary/aromatic N) is 4. The Morgan fingerprint density at radius 1 is 1.33 bits per heavy atom. The molecule has 9 heteroatoms. The SMILES string of the molecule is [C-]#[N+]CCN(C)C(CNC(C)=O)C1CCN(c2ccc3c(=O)[nH]c(=O)n(C4CC4)c3c2C)C1. The first-order chi connectivity index (χ1) is 15.8. The van der Waals surface area contributed by atoms with Gasteiger partial charge < -0.3 is 15.1 Å². The number of aromatic amines is 1. The first kappa shape index (κ1) is 23.1. The van der Waals surface area contributed by atoms with Crippen LogP contribution in [-0.2, 0) is 4.79 Å². The molecule has 1 aliphatic heterocycles. The van der Waals surface area contributed by atoms with Crippen molar-refractivity contribution in [1.29, 1.82) is 0 Å². The molecule has 2 unspecified atom stereocenters. The van der Waals surface area contributed by atoms with Gasteiger partial charge in [0, 0.05) is 44.3 Å². The number of hydrogen-bond donors (Lipinski definition) is 2. The van der Waals surface area contributed by atoms with Crippen molar-refractivity contribution in [3.8, 4) is 0 Å². The normalized spacial score (nSPS) is 19.1. The summed E-state index contributed by atoms with van der Waals surface area (Å²) >= 11 is 0. The fraction of sp³-hybridized carbons (Fsp3) is 0.583. The Balaban J connectivity index is 1.63. The van der Waals surface area contributed by atoms with Crippen LogP contribution in [0.4, 0.5) is 5.69 Å². The van der Waals surface area contributed by atoms with Crippen molar-refractivity contribution in [2.24, 2.45) is 5.92 Å². The lowest BCUT2D eigenvalue weighted by molar-refractivity contribution is -0.119. The number of aryl methyl sites for hydroxylation is 1. The molecule has 176 valence electrons. The summed E-state index contributed by atoms with van der Waals surface area (Å²) in [6.07, 6.45) is 2.88. The van der Waals surface area contributed by atoms with Gasteiger partial charge in [-0.1, -0.05) is 0 Å². The van der Waals surface area contributed by atoms with Crippen LogP contribution in [0.25, 0.3) is 15.7 Å². The minimum atomic E-state index is -0.336. The Hall–Kier alpha value is -3.12. The van der Waals surface area contributed by atoms with Gasteiger partial charge in [0.15, 0.2) is 0 Å². The number of H-pyrrole nitrogens is 1. The molecule has 2 aliphatic rings. The Labute approximate surface area is 193 Å². The van der Waals surface area contributed by atoms with Crippen LogP contribution in [0, 0.1) is 19.4 Å². The van der Waals surface area contributed by atoms with Crippen LogP contribution in [0.3, 0.4) is 0 Å². The quantitative estimate of drug-likeness (QED) is 0.592. The first-order valence-corrected chi connectivity index (χ1v) is 11.6. The Morgan fingerprint density at radius 3 is 2.76 bits per heavy atom. The fourth-order valence-corrected chi connectivity index (χ4v) is 5.16. The van der Waals surface area contributed by atoms with E-state index in [1.54, 1.807) is 4.57 Å². The number of amides is 1. The summed E-state index contributed by atoms with van der Waals surface area (Å²) in [4.78, 5) is 47.1. The monoisotopic (exact) mass is 452 g/mol. The highest BCUT2D eigenvalue weighted by Gasteiger charge is 2.34. The number of rotatable bonds is 8. The maximum absolute atomic E-state index is 12.6. The molecule has 1 saturated heterocycles. The second-order valence-electron chi connectivity index (χ2n) is 9.33. The number of aromatic nitrogens is 2. The average molecular weight is 453 g/mol. The topological polar surface area (TPSA) is 94.8 Å². The third-order valence-electron chi connectivity index (χ3n) is 7.04. The van der Waals surface area contributed by atoms with E-state index >= 15 is 0 Å². The molecule has 2 N–H and O–H groups in total. The summed E-state index contributed by atoms with van der Waals surface area (Å²) < 4.78 is 1.76. The Bertz CT molecular complexity index is 1210. The van der Waals surface area contributed by atoms with E-state index < -0.39 is 0 Å². The van der Waals surface area contributed by atoms with E-state index in [-0.39, 0.29) is 29.2 Å². The summed E-state index contributed by atoms with van der Waals surface area (Å²) in [6, 6.07) is 4.12. The Kier molecular flexibility index (Phi) is 6.56. The van der Waals surface area contributed by atoms with Crippen molar-refractivity contribution in [3.63, 3.8) is 0 Å². The molecule has 33 heavy (non-hydrogen) atoms. The van der Waals surface area contributed by atoms with E-state index in [0.717, 1.165) is 49.1 Å². The molecule has 2 atom stereocenters. The molecule has 0 radical (unpaired) electrons. The zero-order chi connectivity index (χ0) is 23.7. The third kappa shape index (κ3) is 4.67. The number of hydrogen-bond acceptors (Lipinski definition) is 5. The summed E-state index contributed by atoms with van der Waals surface area (Å²) in [6.45, 7) is 14.0. The highest BCUT2D eigenvalue weighted by molar-refractivity contribution is 5.87. The van der Waals surface area contributed by atoms with Crippen LogP contribution in [0.2, 0.25) is 0 Å². The molecule has 1 saturated carbocycles. The van der Waals surface area contributed by atoms with Gasteiger partial charge in [-0.2, -0.15) is 0 Å². The highest BCUT2D eigenvalue weighted by Crippen LogP contribution is 2.38. The van der Waals surface area contributed by atoms with Gasteiger partial charge in [-0.05, 0) is 56.8 Å². The van der Waals surface area contributed by atoms with Gasteiger partial charge in [0.2, 0.25) is 12.5 Å². The minimum absolute atomic E-state index is 0.0536. The molecule has 0 spiro atoms. The number of carbonyl (C=O) groups excluding carboxylic acids is 1. The van der Waals surface area contributed by atoms with Crippen LogP contribution in [0.15, 0.2) is 21.7 Å². The number of benzene rings is 1. The number of anilines is 1. The van der Waals surface area contributed by atoms with Crippen molar-refractivity contribution in [2.45, 2.75) is 45.2 Å². The van der Waals surface area contributed by atoms with Crippen molar-refractivity contribution >= 4 is 22.5 Å². The van der Waals surface area contributed by atoms with Crippen molar-refractivity contribution in [1.82, 2.24) is 19.8 Å². The van der Waals surface area contributed by atoms with Gasteiger partial charge in [-0.25, -0.2) is 11.4 Å². The standard InChI is InChI=1S/C24H32N6O3/c1-15-20(8-7-19-22(15)30(18-5-6-18)24(33)27-23(19)32)29-11-9-17(14-29)21(13-26-16(2)31)28(4)12-10-25-3/h7-8,17-18,21H,5-6,9-14H2,1-2,4H3,(H,26,31)(H,27,32,33). The molecule has 1 aromatic carbocycles. The number of carbonyl (C=O) groups is 1. The minimum Gasteiger partial charge on any atom is -0.371 e. The van der Waals surface area contributed by atoms with Crippen LogP contribution < -0.4 is 21.5 Å². The molecule has 1 amide bonds. The summed E-state index contributed by atoms with van der Waals surface area (Å²) in [5, 5.41) is 3.51. The molecule has 4 rings (SSSR count). The molecule has 0 bridgehead atoms. The van der Waals surface area contributed by atoms with Crippen molar-refractivity contribution in [2.75, 3.05) is 44.7 Å². The molecule has 2 aromatic rings. The zero-order valence-electron chi connectivity index (χ0n) is 19.6. The molecule has 2 fully saturated rings. The van der Waals surface area contributed by atoms with Gasteiger partial charge in [0.1, 0.15) is 0 Å². The van der Waals surface area contributed by atoms with E-state index in [1.165, 1.54) is 6.92 Å². The molecule has 1 aliphatic carbocycles. The highest BCUT2D eigenvalue weighted by atomic mass is 16.2. The summed E-state index contributed by atoms with van der Waals surface area (Å²) in [5.41, 5.74) is 2.09. The van der Waals surface area contributed by atoms with Crippen molar-refractivity contribution in [3.05, 3.63) is 50.0 Å². The number of likely N-dealkylation sites (N-methyl/N-ethyl adjacent to an activating group) is 1. The maximum Gasteiger partial charge on any atom is 0.329 e. The third-order valence-corrected chi connectivity index (χ3v) is 7.04. The first-order valence-electron chi connectivity index (χ1n) is 11.6.